The maximum atomic E-state index is 13.3. The summed E-state index contributed by atoms with van der Waals surface area (Å²) in [5, 5.41) is 9.49. The first-order chi connectivity index (χ1) is 16.3. The van der Waals surface area contributed by atoms with Crippen LogP contribution < -0.4 is 0 Å². The molecule has 0 N–H and O–H groups in total. The summed E-state index contributed by atoms with van der Waals surface area (Å²) < 4.78 is 26.1. The van der Waals surface area contributed by atoms with Crippen LogP contribution in [0.2, 0.25) is 0 Å². The van der Waals surface area contributed by atoms with E-state index in [-0.39, 0.29) is 35.2 Å². The predicted molar refractivity (Wildman–Crippen MR) is 136 cm³/mol. The summed E-state index contributed by atoms with van der Waals surface area (Å²) in [5.41, 5.74) is 3.01. The van der Waals surface area contributed by atoms with E-state index in [0.717, 1.165) is 23.2 Å². The standard InChI is InChI=1S/C25H30N4O3S2/c1-4-19(3)28(22-14-15-34(31,32)17-22)23(30)16-33-25-27-26-24(20-8-6-5-7-9-20)29(25)21-12-10-18(2)11-13-21/h5-13,19,22H,4,14-17H2,1-3H3/t19-,22+/m1/s1. The summed E-state index contributed by atoms with van der Waals surface area (Å²) in [6.07, 6.45) is 1.27. The van der Waals surface area contributed by atoms with Crippen LogP contribution in [0.3, 0.4) is 0 Å². The molecule has 2 aromatic carbocycles. The first-order valence-electron chi connectivity index (χ1n) is 11.5. The van der Waals surface area contributed by atoms with Crippen molar-refractivity contribution >= 4 is 27.5 Å². The van der Waals surface area contributed by atoms with Gasteiger partial charge in [-0.2, -0.15) is 0 Å². The highest BCUT2D eigenvalue weighted by Gasteiger charge is 2.36. The Morgan fingerprint density at radius 1 is 1.15 bits per heavy atom. The second-order valence-corrected chi connectivity index (χ2v) is 11.9. The topological polar surface area (TPSA) is 85.2 Å². The third kappa shape index (κ3) is 5.36. The Morgan fingerprint density at radius 3 is 2.47 bits per heavy atom. The molecule has 1 aromatic heterocycles. The number of nitrogens with zero attached hydrogens (tertiary/aromatic N) is 4. The molecule has 9 heteroatoms. The van der Waals surface area contributed by atoms with E-state index in [4.69, 9.17) is 0 Å². The molecule has 3 aromatic rings. The Morgan fingerprint density at radius 2 is 1.85 bits per heavy atom. The van der Waals surface area contributed by atoms with Crippen molar-refractivity contribution in [1.29, 1.82) is 0 Å². The van der Waals surface area contributed by atoms with Crippen LogP contribution in [0.1, 0.15) is 32.3 Å². The molecule has 2 atom stereocenters. The first-order valence-corrected chi connectivity index (χ1v) is 14.3. The number of rotatable bonds is 8. The average molecular weight is 499 g/mol. The molecule has 1 aliphatic rings. The van der Waals surface area contributed by atoms with E-state index in [0.29, 0.717) is 17.4 Å². The zero-order valence-electron chi connectivity index (χ0n) is 19.7. The van der Waals surface area contributed by atoms with Crippen LogP contribution in [-0.2, 0) is 14.6 Å². The van der Waals surface area contributed by atoms with Gasteiger partial charge >= 0.3 is 0 Å². The number of hydrogen-bond donors (Lipinski definition) is 0. The highest BCUT2D eigenvalue weighted by Crippen LogP contribution is 2.29. The Labute approximate surface area is 205 Å². The van der Waals surface area contributed by atoms with Crippen molar-refractivity contribution < 1.29 is 13.2 Å². The van der Waals surface area contributed by atoms with Gasteiger partial charge < -0.3 is 4.90 Å². The molecule has 0 unspecified atom stereocenters. The zero-order chi connectivity index (χ0) is 24.3. The molecular formula is C25H30N4O3S2. The van der Waals surface area contributed by atoms with Crippen LogP contribution in [-0.4, -0.2) is 63.3 Å². The molecule has 0 saturated carbocycles. The largest absolute Gasteiger partial charge is 0.335 e. The van der Waals surface area contributed by atoms with Gasteiger partial charge in [0.25, 0.3) is 0 Å². The minimum atomic E-state index is -3.08. The molecule has 1 fully saturated rings. The molecule has 1 aliphatic heterocycles. The summed E-state index contributed by atoms with van der Waals surface area (Å²) >= 11 is 1.33. The second-order valence-electron chi connectivity index (χ2n) is 8.75. The molecule has 7 nitrogen and oxygen atoms in total. The lowest BCUT2D eigenvalue weighted by Crippen LogP contribution is -2.47. The minimum absolute atomic E-state index is 0.0266. The van der Waals surface area contributed by atoms with Crippen molar-refractivity contribution in [1.82, 2.24) is 19.7 Å². The Kier molecular flexibility index (Phi) is 7.42. The van der Waals surface area contributed by atoms with Gasteiger partial charge in [0, 0.05) is 23.3 Å². The van der Waals surface area contributed by atoms with Crippen molar-refractivity contribution in [2.75, 3.05) is 17.3 Å². The fourth-order valence-electron chi connectivity index (χ4n) is 4.27. The van der Waals surface area contributed by atoms with Gasteiger partial charge in [0.2, 0.25) is 5.91 Å². The second kappa shape index (κ2) is 10.3. The van der Waals surface area contributed by atoms with E-state index in [1.165, 1.54) is 11.8 Å². The van der Waals surface area contributed by atoms with E-state index in [9.17, 15) is 13.2 Å². The summed E-state index contributed by atoms with van der Waals surface area (Å²) in [6.45, 7) is 6.03. The molecule has 2 heterocycles. The fourth-order valence-corrected chi connectivity index (χ4v) is 6.80. The van der Waals surface area contributed by atoms with Gasteiger partial charge in [-0.15, -0.1) is 10.2 Å². The third-order valence-corrected chi connectivity index (χ3v) is 8.90. The molecule has 0 spiro atoms. The normalized spacial score (nSPS) is 18.0. The van der Waals surface area contributed by atoms with Crippen LogP contribution in [0.5, 0.6) is 0 Å². The van der Waals surface area contributed by atoms with Crippen LogP contribution in [0.25, 0.3) is 17.1 Å². The van der Waals surface area contributed by atoms with Crippen LogP contribution in [0.4, 0.5) is 0 Å². The van der Waals surface area contributed by atoms with Crippen molar-refractivity contribution in [3.8, 4) is 17.1 Å². The number of aromatic nitrogens is 3. The number of amides is 1. The highest BCUT2D eigenvalue weighted by molar-refractivity contribution is 7.99. The van der Waals surface area contributed by atoms with Gasteiger partial charge in [0.1, 0.15) is 0 Å². The molecule has 0 bridgehead atoms. The van der Waals surface area contributed by atoms with E-state index in [2.05, 4.69) is 10.2 Å². The Hall–Kier alpha value is -2.65. The van der Waals surface area contributed by atoms with Crippen LogP contribution >= 0.6 is 11.8 Å². The van der Waals surface area contributed by atoms with Crippen molar-refractivity contribution in [3.63, 3.8) is 0 Å². The zero-order valence-corrected chi connectivity index (χ0v) is 21.3. The van der Waals surface area contributed by atoms with E-state index in [1.807, 2.05) is 79.9 Å². The minimum Gasteiger partial charge on any atom is -0.335 e. The monoisotopic (exact) mass is 498 g/mol. The van der Waals surface area contributed by atoms with Crippen molar-refractivity contribution in [2.24, 2.45) is 0 Å². The average Bonchev–Trinajstić information content (AvgIpc) is 3.41. The third-order valence-electron chi connectivity index (χ3n) is 6.24. The number of benzene rings is 2. The smallest absolute Gasteiger partial charge is 0.233 e. The van der Waals surface area contributed by atoms with E-state index in [1.54, 1.807) is 4.90 Å². The van der Waals surface area contributed by atoms with Gasteiger partial charge in [-0.3, -0.25) is 9.36 Å². The number of thioether (sulfide) groups is 1. The molecule has 0 aliphatic carbocycles. The molecule has 1 amide bonds. The molecule has 0 radical (unpaired) electrons. The number of carbonyl (C=O) groups excluding carboxylic acids is 1. The summed E-state index contributed by atoms with van der Waals surface area (Å²) in [4.78, 5) is 15.1. The maximum absolute atomic E-state index is 13.3. The van der Waals surface area contributed by atoms with Crippen molar-refractivity contribution in [3.05, 3.63) is 60.2 Å². The van der Waals surface area contributed by atoms with Crippen LogP contribution in [0, 0.1) is 6.92 Å². The van der Waals surface area contributed by atoms with Gasteiger partial charge in [-0.05, 0) is 38.8 Å². The molecular weight excluding hydrogens is 468 g/mol. The number of sulfone groups is 1. The maximum Gasteiger partial charge on any atom is 0.233 e. The Balaban J connectivity index is 1.61. The molecule has 1 saturated heterocycles. The highest BCUT2D eigenvalue weighted by atomic mass is 32.2. The van der Waals surface area contributed by atoms with E-state index < -0.39 is 9.84 Å². The van der Waals surface area contributed by atoms with Gasteiger partial charge in [-0.1, -0.05) is 66.7 Å². The summed E-state index contributed by atoms with van der Waals surface area (Å²) in [6, 6.07) is 17.7. The van der Waals surface area contributed by atoms with Crippen LogP contribution in [0.15, 0.2) is 59.8 Å². The first kappa shape index (κ1) is 24.5. The SMILES string of the molecule is CC[C@@H](C)N(C(=O)CSc1nnc(-c2ccccc2)n1-c1ccc(C)cc1)[C@H]1CCS(=O)(=O)C1. The lowest BCUT2D eigenvalue weighted by molar-refractivity contribution is -0.132. The molecule has 4 rings (SSSR count). The number of hydrogen-bond acceptors (Lipinski definition) is 6. The fraction of sp³-hybridized carbons (Fsp3) is 0.400. The van der Waals surface area contributed by atoms with E-state index >= 15 is 0 Å². The van der Waals surface area contributed by atoms with Crippen molar-refractivity contribution in [2.45, 2.75) is 50.9 Å². The van der Waals surface area contributed by atoms with Gasteiger partial charge in [0.05, 0.1) is 17.3 Å². The summed E-state index contributed by atoms with van der Waals surface area (Å²) in [7, 11) is -3.08. The van der Waals surface area contributed by atoms with Gasteiger partial charge in [-0.25, -0.2) is 8.42 Å². The Bertz CT molecular complexity index is 1240. The lowest BCUT2D eigenvalue weighted by Gasteiger charge is -2.33. The number of aryl methyl sites for hydroxylation is 1. The summed E-state index contributed by atoms with van der Waals surface area (Å²) in [5.74, 6) is 0.999. The van der Waals surface area contributed by atoms with Gasteiger partial charge in [0.15, 0.2) is 20.8 Å². The predicted octanol–water partition coefficient (Wildman–Crippen LogP) is 4.15. The quantitative estimate of drug-likeness (QED) is 0.434. The molecule has 180 valence electrons. The molecule has 34 heavy (non-hydrogen) atoms. The lowest BCUT2D eigenvalue weighted by atomic mass is 10.1. The number of carbonyl (C=O) groups is 1.